The van der Waals surface area contributed by atoms with E-state index in [2.05, 4.69) is 15.2 Å². The predicted molar refractivity (Wildman–Crippen MR) is 101 cm³/mol. The van der Waals surface area contributed by atoms with Crippen LogP contribution in [-0.4, -0.2) is 47.8 Å². The van der Waals surface area contributed by atoms with Crippen molar-refractivity contribution in [3.63, 3.8) is 0 Å². The van der Waals surface area contributed by atoms with Crippen LogP contribution in [0.3, 0.4) is 0 Å². The number of piperidine rings is 1. The molecule has 4 heterocycles. The molecule has 1 aromatic carbocycles. The SMILES string of the molecule is O=S(=O)(c1cccnc1)N1CCCC(c2nnc(-c3ccc4c(c3)OCO4)o2)C1. The zero-order valence-electron chi connectivity index (χ0n) is 15.4. The van der Waals surface area contributed by atoms with Gasteiger partial charge < -0.3 is 13.9 Å². The van der Waals surface area contributed by atoms with Crippen molar-refractivity contribution in [2.45, 2.75) is 23.7 Å². The third kappa shape index (κ3) is 3.34. The van der Waals surface area contributed by atoms with Crippen LogP contribution < -0.4 is 9.47 Å². The maximum atomic E-state index is 12.9. The number of sulfonamides is 1. The highest BCUT2D eigenvalue weighted by molar-refractivity contribution is 7.89. The lowest BCUT2D eigenvalue weighted by Crippen LogP contribution is -2.39. The smallest absolute Gasteiger partial charge is 0.247 e. The second-order valence-corrected chi connectivity index (χ2v) is 8.84. The van der Waals surface area contributed by atoms with Crippen molar-refractivity contribution >= 4 is 10.0 Å². The van der Waals surface area contributed by atoms with Crippen LogP contribution in [0.1, 0.15) is 24.7 Å². The summed E-state index contributed by atoms with van der Waals surface area (Å²) in [7, 11) is -3.60. The molecule has 0 amide bonds. The van der Waals surface area contributed by atoms with E-state index in [0.717, 1.165) is 12.0 Å². The highest BCUT2D eigenvalue weighted by Gasteiger charge is 2.33. The molecule has 150 valence electrons. The molecule has 10 heteroatoms. The van der Waals surface area contributed by atoms with Crippen LogP contribution in [0, 0.1) is 0 Å². The standard InChI is InChI=1S/C19H18N4O5S/c24-29(25,15-4-1-7-20-10-15)23-8-2-3-14(11-23)19-22-21-18(28-19)13-5-6-16-17(9-13)27-12-26-16/h1,4-7,9-10,14H,2-3,8,11-12H2. The van der Waals surface area contributed by atoms with Crippen molar-refractivity contribution in [1.29, 1.82) is 0 Å². The number of benzene rings is 1. The molecular formula is C19H18N4O5S. The molecule has 2 aromatic heterocycles. The first-order chi connectivity index (χ1) is 14.1. The third-order valence-corrected chi connectivity index (χ3v) is 6.91. The Morgan fingerprint density at radius 1 is 1.10 bits per heavy atom. The zero-order chi connectivity index (χ0) is 19.8. The maximum absolute atomic E-state index is 12.9. The van der Waals surface area contributed by atoms with Crippen LogP contribution in [0.15, 0.2) is 52.0 Å². The normalized spacial score (nSPS) is 19.4. The van der Waals surface area contributed by atoms with Crippen molar-refractivity contribution < 1.29 is 22.3 Å². The molecule has 0 radical (unpaired) electrons. The van der Waals surface area contributed by atoms with Crippen molar-refractivity contribution in [2.75, 3.05) is 19.9 Å². The zero-order valence-corrected chi connectivity index (χ0v) is 16.2. The first-order valence-electron chi connectivity index (χ1n) is 9.25. The van der Waals surface area contributed by atoms with Crippen molar-refractivity contribution in [1.82, 2.24) is 19.5 Å². The first-order valence-corrected chi connectivity index (χ1v) is 10.7. The van der Waals surface area contributed by atoms with Crippen LogP contribution in [0.2, 0.25) is 0 Å². The lowest BCUT2D eigenvalue weighted by Gasteiger charge is -2.30. The number of pyridine rings is 1. The van der Waals surface area contributed by atoms with Gasteiger partial charge in [0.1, 0.15) is 4.90 Å². The monoisotopic (exact) mass is 414 g/mol. The Hall–Kier alpha value is -2.98. The topological polar surface area (TPSA) is 108 Å². The van der Waals surface area contributed by atoms with Crippen molar-refractivity contribution in [3.05, 3.63) is 48.6 Å². The fraction of sp³-hybridized carbons (Fsp3) is 0.316. The van der Waals surface area contributed by atoms with E-state index in [9.17, 15) is 8.42 Å². The van der Waals surface area contributed by atoms with E-state index >= 15 is 0 Å². The predicted octanol–water partition coefficient (Wildman–Crippen LogP) is 2.43. The van der Waals surface area contributed by atoms with Crippen LogP contribution >= 0.6 is 0 Å². The molecule has 1 saturated heterocycles. The highest BCUT2D eigenvalue weighted by atomic mass is 32.2. The Morgan fingerprint density at radius 2 is 2.00 bits per heavy atom. The summed E-state index contributed by atoms with van der Waals surface area (Å²) in [5.41, 5.74) is 0.726. The molecule has 9 nitrogen and oxygen atoms in total. The minimum Gasteiger partial charge on any atom is -0.454 e. The Balaban J connectivity index is 1.37. The minimum atomic E-state index is -3.60. The van der Waals surface area contributed by atoms with Gasteiger partial charge in [-0.25, -0.2) is 8.42 Å². The van der Waals surface area contributed by atoms with Crippen LogP contribution in [0.4, 0.5) is 0 Å². The molecule has 0 saturated carbocycles. The van der Waals surface area contributed by atoms with Gasteiger partial charge in [0.2, 0.25) is 28.6 Å². The van der Waals surface area contributed by atoms with Gasteiger partial charge in [-0.15, -0.1) is 10.2 Å². The summed E-state index contributed by atoms with van der Waals surface area (Å²) in [6, 6.07) is 8.58. The average Bonchev–Trinajstić information content (AvgIpc) is 3.43. The number of aromatic nitrogens is 3. The van der Waals surface area contributed by atoms with Gasteiger partial charge in [0, 0.05) is 31.0 Å². The van der Waals surface area contributed by atoms with Gasteiger partial charge in [-0.1, -0.05) is 0 Å². The van der Waals surface area contributed by atoms with E-state index in [-0.39, 0.29) is 17.6 Å². The molecule has 29 heavy (non-hydrogen) atoms. The summed E-state index contributed by atoms with van der Waals surface area (Å²) >= 11 is 0. The van der Waals surface area contributed by atoms with E-state index < -0.39 is 10.0 Å². The summed E-state index contributed by atoms with van der Waals surface area (Å²) < 4.78 is 43.8. The quantitative estimate of drug-likeness (QED) is 0.641. The third-order valence-electron chi connectivity index (χ3n) is 5.07. The summed E-state index contributed by atoms with van der Waals surface area (Å²) in [5.74, 6) is 1.95. The van der Waals surface area contributed by atoms with Crippen molar-refractivity contribution in [2.24, 2.45) is 0 Å². The van der Waals surface area contributed by atoms with Gasteiger partial charge in [0.25, 0.3) is 0 Å². The lowest BCUT2D eigenvalue weighted by atomic mass is 10.00. The summed E-state index contributed by atoms with van der Waals surface area (Å²) in [4.78, 5) is 4.11. The Kier molecular flexibility index (Phi) is 4.44. The second-order valence-electron chi connectivity index (χ2n) is 6.90. The van der Waals surface area contributed by atoms with E-state index in [1.54, 1.807) is 30.5 Å². The highest BCUT2D eigenvalue weighted by Crippen LogP contribution is 2.36. The molecule has 0 spiro atoms. The van der Waals surface area contributed by atoms with Gasteiger partial charge in [-0.3, -0.25) is 4.98 Å². The number of hydrogen-bond donors (Lipinski definition) is 0. The van der Waals surface area contributed by atoms with Gasteiger partial charge in [0.05, 0.1) is 5.92 Å². The fourth-order valence-electron chi connectivity index (χ4n) is 3.56. The Morgan fingerprint density at radius 3 is 2.86 bits per heavy atom. The van der Waals surface area contributed by atoms with Gasteiger partial charge >= 0.3 is 0 Å². The average molecular weight is 414 g/mol. The number of fused-ring (bicyclic) bond motifs is 1. The minimum absolute atomic E-state index is 0.162. The van der Waals surface area contributed by atoms with Crippen LogP contribution in [0.5, 0.6) is 11.5 Å². The molecule has 2 aliphatic rings. The molecule has 0 N–H and O–H groups in total. The molecule has 0 bridgehead atoms. The van der Waals surface area contributed by atoms with Gasteiger partial charge in [-0.2, -0.15) is 4.31 Å². The lowest BCUT2D eigenvalue weighted by molar-refractivity contribution is 0.174. The van der Waals surface area contributed by atoms with Gasteiger partial charge in [-0.05, 0) is 43.2 Å². The fourth-order valence-corrected chi connectivity index (χ4v) is 5.05. The summed E-state index contributed by atoms with van der Waals surface area (Å²) in [6.45, 7) is 0.939. The molecule has 3 aromatic rings. The first kappa shape index (κ1) is 18.1. The van der Waals surface area contributed by atoms with Crippen molar-refractivity contribution in [3.8, 4) is 23.0 Å². The summed E-state index contributed by atoms with van der Waals surface area (Å²) in [5, 5.41) is 8.32. The number of nitrogens with zero attached hydrogens (tertiary/aromatic N) is 4. The molecular weight excluding hydrogens is 396 g/mol. The number of rotatable bonds is 4. The Bertz CT molecular complexity index is 1130. The molecule has 0 aliphatic carbocycles. The second kappa shape index (κ2) is 7.12. The number of ether oxygens (including phenoxy) is 2. The van der Waals surface area contributed by atoms with Gasteiger partial charge in [0.15, 0.2) is 11.5 Å². The summed E-state index contributed by atoms with van der Waals surface area (Å²) in [6.07, 6.45) is 4.41. The van der Waals surface area contributed by atoms with E-state index in [0.29, 0.717) is 42.8 Å². The molecule has 1 atom stereocenters. The van der Waals surface area contributed by atoms with Crippen LogP contribution in [-0.2, 0) is 10.0 Å². The molecule has 5 rings (SSSR count). The maximum Gasteiger partial charge on any atom is 0.247 e. The largest absolute Gasteiger partial charge is 0.454 e. The van der Waals surface area contributed by atoms with Crippen LogP contribution in [0.25, 0.3) is 11.5 Å². The molecule has 2 aliphatic heterocycles. The Labute approximate surface area is 167 Å². The molecule has 1 unspecified atom stereocenters. The van der Waals surface area contributed by atoms with E-state index in [4.69, 9.17) is 13.9 Å². The molecule has 1 fully saturated rings. The number of hydrogen-bond acceptors (Lipinski definition) is 8. The van der Waals surface area contributed by atoms with E-state index in [1.807, 2.05) is 6.07 Å². The van der Waals surface area contributed by atoms with E-state index in [1.165, 1.54) is 10.5 Å².